The number of rotatable bonds is 1. The van der Waals surface area contributed by atoms with Gasteiger partial charge in [0.25, 0.3) is 0 Å². The second kappa shape index (κ2) is 5.87. The summed E-state index contributed by atoms with van der Waals surface area (Å²) in [5.41, 5.74) is 0. The third kappa shape index (κ3) is 3.14. The predicted octanol–water partition coefficient (Wildman–Crippen LogP) is -2.01. The van der Waals surface area contributed by atoms with Gasteiger partial charge in [-0.05, 0) is 0 Å². The van der Waals surface area contributed by atoms with Crippen LogP contribution >= 0.6 is 0 Å². The maximum absolute atomic E-state index is 12.2. The monoisotopic (exact) mass is 270 g/mol. The van der Waals surface area contributed by atoms with Gasteiger partial charge in [-0.15, -0.1) is 0 Å². The molecular weight excluding hydrogens is 252 g/mol. The highest BCUT2D eigenvalue weighted by atomic mass is 16.5. The van der Waals surface area contributed by atoms with Crippen LogP contribution < -0.4 is 10.6 Å². The third-order valence-corrected chi connectivity index (χ3v) is 3.33. The second-order valence-corrected chi connectivity index (χ2v) is 4.52. The third-order valence-electron chi connectivity index (χ3n) is 3.33. The number of hydrogen-bond donors (Lipinski definition) is 2. The number of piperazine rings is 2. The maximum atomic E-state index is 12.2. The van der Waals surface area contributed by atoms with Crippen molar-refractivity contribution in [3.8, 4) is 0 Å². The normalized spacial score (nSPS) is 23.8. The molecule has 0 radical (unpaired) electrons. The van der Waals surface area contributed by atoms with Crippen molar-refractivity contribution in [3.63, 3.8) is 0 Å². The number of nitrogens with zero attached hydrogens (tertiary/aromatic N) is 2. The van der Waals surface area contributed by atoms with E-state index < -0.39 is 0 Å². The lowest BCUT2D eigenvalue weighted by Crippen LogP contribution is -2.61. The van der Waals surface area contributed by atoms with Crippen LogP contribution in [-0.2, 0) is 14.3 Å². The van der Waals surface area contributed by atoms with Gasteiger partial charge in [0.2, 0.25) is 11.8 Å². The fourth-order valence-corrected chi connectivity index (χ4v) is 2.20. The minimum Gasteiger partial charge on any atom is -0.453 e. The van der Waals surface area contributed by atoms with Gasteiger partial charge in [-0.3, -0.25) is 14.9 Å². The number of hydrogen-bond acceptors (Lipinski definition) is 5. The molecule has 2 saturated heterocycles. The molecule has 2 fully saturated rings. The van der Waals surface area contributed by atoms with Crippen molar-refractivity contribution in [3.05, 3.63) is 0 Å². The molecule has 8 nitrogen and oxygen atoms in total. The Bertz CT molecular complexity index is 369. The molecule has 0 saturated carbocycles. The van der Waals surface area contributed by atoms with Gasteiger partial charge in [0.15, 0.2) is 0 Å². The van der Waals surface area contributed by atoms with Crippen LogP contribution in [0.25, 0.3) is 0 Å². The van der Waals surface area contributed by atoms with Crippen molar-refractivity contribution in [1.29, 1.82) is 0 Å². The summed E-state index contributed by atoms with van der Waals surface area (Å²) in [7, 11) is 1.34. The van der Waals surface area contributed by atoms with E-state index in [-0.39, 0.29) is 30.5 Å². The second-order valence-electron chi connectivity index (χ2n) is 4.52. The lowest BCUT2D eigenvalue weighted by Gasteiger charge is -2.36. The summed E-state index contributed by atoms with van der Waals surface area (Å²) in [4.78, 5) is 37.8. The SMILES string of the molecule is COC(=O)N1CCN(C(=O)C2CNC(=O)CN2)CC1. The molecule has 1 atom stereocenters. The molecule has 106 valence electrons. The standard InChI is InChI=1S/C11H18N4O4/c1-19-11(18)15-4-2-14(3-5-15)10(17)8-6-13-9(16)7-12-8/h8,12H,2-7H2,1H3,(H,13,16). The molecule has 2 aliphatic rings. The molecule has 0 bridgehead atoms. The summed E-state index contributed by atoms with van der Waals surface area (Å²) >= 11 is 0. The van der Waals surface area contributed by atoms with Gasteiger partial charge in [0, 0.05) is 32.7 Å². The van der Waals surface area contributed by atoms with Crippen molar-refractivity contribution in [2.24, 2.45) is 0 Å². The van der Waals surface area contributed by atoms with Gasteiger partial charge < -0.3 is 19.9 Å². The van der Waals surface area contributed by atoms with Crippen molar-refractivity contribution in [1.82, 2.24) is 20.4 Å². The first-order chi connectivity index (χ1) is 9.11. The predicted molar refractivity (Wildman–Crippen MR) is 65.4 cm³/mol. The number of ether oxygens (including phenoxy) is 1. The molecule has 2 rings (SSSR count). The van der Waals surface area contributed by atoms with Crippen molar-refractivity contribution < 1.29 is 19.1 Å². The molecule has 0 aromatic carbocycles. The van der Waals surface area contributed by atoms with E-state index in [0.717, 1.165) is 0 Å². The van der Waals surface area contributed by atoms with E-state index in [1.807, 2.05) is 0 Å². The summed E-state index contributed by atoms with van der Waals surface area (Å²) in [6.07, 6.45) is -0.366. The Morgan fingerprint density at radius 2 is 1.84 bits per heavy atom. The Labute approximate surface area is 111 Å². The van der Waals surface area contributed by atoms with Gasteiger partial charge in [0.05, 0.1) is 13.7 Å². The highest BCUT2D eigenvalue weighted by Crippen LogP contribution is 2.06. The van der Waals surface area contributed by atoms with E-state index in [1.54, 1.807) is 9.80 Å². The first-order valence-corrected chi connectivity index (χ1v) is 6.23. The van der Waals surface area contributed by atoms with E-state index in [4.69, 9.17) is 0 Å². The highest BCUT2D eigenvalue weighted by Gasteiger charge is 2.31. The zero-order valence-electron chi connectivity index (χ0n) is 10.8. The molecule has 1 unspecified atom stereocenters. The fourth-order valence-electron chi connectivity index (χ4n) is 2.20. The van der Waals surface area contributed by atoms with Crippen LogP contribution in [0.2, 0.25) is 0 Å². The van der Waals surface area contributed by atoms with Crippen LogP contribution in [0.15, 0.2) is 0 Å². The Morgan fingerprint density at radius 1 is 1.21 bits per heavy atom. The molecule has 3 amide bonds. The molecule has 2 N–H and O–H groups in total. The average molecular weight is 270 g/mol. The fraction of sp³-hybridized carbons (Fsp3) is 0.727. The highest BCUT2D eigenvalue weighted by molar-refractivity contribution is 5.87. The Hall–Kier alpha value is -1.83. The van der Waals surface area contributed by atoms with Crippen molar-refractivity contribution >= 4 is 17.9 Å². The minimum absolute atomic E-state index is 0.0375. The van der Waals surface area contributed by atoms with E-state index in [0.29, 0.717) is 32.7 Å². The number of methoxy groups -OCH3 is 1. The summed E-state index contributed by atoms with van der Waals surface area (Å²) < 4.78 is 4.64. The van der Waals surface area contributed by atoms with Gasteiger partial charge in [0.1, 0.15) is 6.04 Å². The summed E-state index contributed by atoms with van der Waals surface area (Å²) in [6, 6.07) is -0.373. The van der Waals surface area contributed by atoms with Crippen LogP contribution in [0.1, 0.15) is 0 Å². The number of carbonyl (C=O) groups excluding carboxylic acids is 3. The van der Waals surface area contributed by atoms with E-state index >= 15 is 0 Å². The van der Waals surface area contributed by atoms with E-state index in [2.05, 4.69) is 15.4 Å². The van der Waals surface area contributed by atoms with Gasteiger partial charge in [-0.1, -0.05) is 0 Å². The summed E-state index contributed by atoms with van der Waals surface area (Å²) in [5.74, 6) is -0.135. The summed E-state index contributed by atoms with van der Waals surface area (Å²) in [5, 5.41) is 5.56. The first kappa shape index (κ1) is 13.6. The average Bonchev–Trinajstić information content (AvgIpc) is 2.46. The molecular formula is C11H18N4O4. The molecule has 0 aromatic heterocycles. The van der Waals surface area contributed by atoms with Crippen molar-refractivity contribution in [2.75, 3.05) is 46.4 Å². The van der Waals surface area contributed by atoms with Gasteiger partial charge in [-0.25, -0.2) is 4.79 Å². The largest absolute Gasteiger partial charge is 0.453 e. The zero-order chi connectivity index (χ0) is 13.8. The Kier molecular flexibility index (Phi) is 4.20. The number of carbonyl (C=O) groups is 3. The molecule has 19 heavy (non-hydrogen) atoms. The van der Waals surface area contributed by atoms with Crippen molar-refractivity contribution in [2.45, 2.75) is 6.04 Å². The Balaban J connectivity index is 1.82. The van der Waals surface area contributed by atoms with Gasteiger partial charge >= 0.3 is 6.09 Å². The molecule has 0 spiro atoms. The van der Waals surface area contributed by atoms with E-state index in [9.17, 15) is 14.4 Å². The number of amides is 3. The molecule has 8 heteroatoms. The topological polar surface area (TPSA) is 91.0 Å². The minimum atomic E-state index is -0.373. The van der Waals surface area contributed by atoms with Crippen LogP contribution in [0, 0.1) is 0 Å². The molecule has 0 aliphatic carbocycles. The Morgan fingerprint density at radius 3 is 2.37 bits per heavy atom. The summed E-state index contributed by atoms with van der Waals surface area (Å²) in [6.45, 7) is 2.39. The quantitative estimate of drug-likeness (QED) is 0.574. The first-order valence-electron chi connectivity index (χ1n) is 6.23. The molecule has 2 heterocycles. The van der Waals surface area contributed by atoms with E-state index in [1.165, 1.54) is 7.11 Å². The van der Waals surface area contributed by atoms with Crippen LogP contribution in [0.5, 0.6) is 0 Å². The number of nitrogens with one attached hydrogen (secondary N) is 2. The zero-order valence-corrected chi connectivity index (χ0v) is 10.8. The maximum Gasteiger partial charge on any atom is 0.409 e. The van der Waals surface area contributed by atoms with Crippen LogP contribution in [0.4, 0.5) is 4.79 Å². The lowest BCUT2D eigenvalue weighted by atomic mass is 10.2. The van der Waals surface area contributed by atoms with Crippen LogP contribution in [-0.4, -0.2) is 80.1 Å². The molecule has 2 aliphatic heterocycles. The lowest BCUT2D eigenvalue weighted by molar-refractivity contribution is -0.136. The van der Waals surface area contributed by atoms with Gasteiger partial charge in [-0.2, -0.15) is 0 Å². The van der Waals surface area contributed by atoms with Crippen LogP contribution in [0.3, 0.4) is 0 Å². The molecule has 0 aromatic rings. The smallest absolute Gasteiger partial charge is 0.409 e.